The Balaban J connectivity index is 1.53. The number of hydrogen-bond acceptors (Lipinski definition) is 7. The molecule has 0 bridgehead atoms. The first-order valence-corrected chi connectivity index (χ1v) is 12.4. The Hall–Kier alpha value is -2.30. The molecule has 2 aromatic rings. The average molecular weight is 464 g/mol. The fraction of sp³-hybridized carbons (Fsp3) is 0.476. The summed E-state index contributed by atoms with van der Waals surface area (Å²) >= 11 is 1.17. The van der Waals surface area contributed by atoms with Crippen LogP contribution in [-0.4, -0.2) is 49.1 Å². The van der Waals surface area contributed by atoms with Crippen molar-refractivity contribution in [3.8, 4) is 5.75 Å². The molecule has 1 fully saturated rings. The largest absolute Gasteiger partial charge is 0.497 e. The van der Waals surface area contributed by atoms with E-state index in [4.69, 9.17) is 4.74 Å². The van der Waals surface area contributed by atoms with E-state index in [9.17, 15) is 18.0 Å². The number of nitrogens with zero attached hydrogens (tertiary/aromatic N) is 2. The molecule has 0 radical (unpaired) electrons. The summed E-state index contributed by atoms with van der Waals surface area (Å²) < 4.78 is 32.6. The minimum atomic E-state index is -3.83. The molecular weight excluding hydrogens is 438 g/mol. The van der Waals surface area contributed by atoms with E-state index >= 15 is 0 Å². The number of aromatic nitrogens is 1. The Morgan fingerprint density at radius 2 is 1.97 bits per heavy atom. The van der Waals surface area contributed by atoms with E-state index in [2.05, 4.69) is 10.3 Å². The van der Waals surface area contributed by atoms with Crippen molar-refractivity contribution in [1.82, 2.24) is 9.29 Å². The topological polar surface area (TPSA) is 106 Å². The number of fused-ring (bicyclic) bond motifs is 1. The Morgan fingerprint density at radius 1 is 1.26 bits per heavy atom. The highest BCUT2D eigenvalue weighted by Gasteiger charge is 2.40. The summed E-state index contributed by atoms with van der Waals surface area (Å²) in [6.45, 7) is 4.31. The molecule has 1 atom stereocenters. The highest BCUT2D eigenvalue weighted by Crippen LogP contribution is 2.38. The predicted molar refractivity (Wildman–Crippen MR) is 117 cm³/mol. The molecule has 1 aromatic carbocycles. The van der Waals surface area contributed by atoms with Gasteiger partial charge in [0.2, 0.25) is 15.9 Å². The molecular formula is C21H25N3O5S2. The second kappa shape index (κ2) is 7.99. The molecule has 1 saturated heterocycles. The van der Waals surface area contributed by atoms with Crippen LogP contribution in [-0.2, 0) is 21.2 Å². The summed E-state index contributed by atoms with van der Waals surface area (Å²) in [5, 5.41) is 3.09. The maximum Gasteiger partial charge on any atom is 0.244 e. The zero-order valence-corrected chi connectivity index (χ0v) is 19.3. The molecule has 1 unspecified atom stereocenters. The lowest BCUT2D eigenvalue weighted by Crippen LogP contribution is -2.43. The maximum atomic E-state index is 13.1. The van der Waals surface area contributed by atoms with Crippen molar-refractivity contribution in [2.24, 2.45) is 5.41 Å². The number of carbonyl (C=O) groups excluding carboxylic acids is 2. The molecule has 1 N–H and O–H groups in total. The number of hydrogen-bond donors (Lipinski definition) is 1. The molecule has 2 aliphatic rings. The quantitative estimate of drug-likeness (QED) is 0.730. The van der Waals surface area contributed by atoms with Crippen LogP contribution in [0.3, 0.4) is 0 Å². The van der Waals surface area contributed by atoms with E-state index in [0.717, 1.165) is 0 Å². The summed E-state index contributed by atoms with van der Waals surface area (Å²) in [6, 6.07) is 5.29. The number of carbonyl (C=O) groups is 2. The third kappa shape index (κ3) is 4.24. The Bertz CT molecular complexity index is 1120. The number of anilines is 1. The number of ketones is 1. The van der Waals surface area contributed by atoms with Gasteiger partial charge < -0.3 is 10.1 Å². The van der Waals surface area contributed by atoms with Gasteiger partial charge in [0, 0.05) is 13.0 Å². The number of nitrogens with one attached hydrogen (secondary N) is 1. The summed E-state index contributed by atoms with van der Waals surface area (Å²) in [5.41, 5.74) is 0.546. The second-order valence-electron chi connectivity index (χ2n) is 8.67. The summed E-state index contributed by atoms with van der Waals surface area (Å²) in [5.74, 6) is 0.168. The highest BCUT2D eigenvalue weighted by molar-refractivity contribution is 7.89. The zero-order chi connectivity index (χ0) is 22.4. The van der Waals surface area contributed by atoms with Gasteiger partial charge in [-0.05, 0) is 48.9 Å². The predicted octanol–water partition coefficient (Wildman–Crippen LogP) is 3.10. The maximum absolute atomic E-state index is 13.1. The van der Waals surface area contributed by atoms with Gasteiger partial charge in [-0.2, -0.15) is 4.31 Å². The molecule has 10 heteroatoms. The molecule has 4 rings (SSSR count). The van der Waals surface area contributed by atoms with E-state index in [0.29, 0.717) is 47.1 Å². The molecule has 166 valence electrons. The van der Waals surface area contributed by atoms with Crippen molar-refractivity contribution in [3.05, 3.63) is 34.8 Å². The normalized spacial score (nSPS) is 21.0. The number of rotatable bonds is 5. The Labute approximate surface area is 185 Å². The molecule has 8 nitrogen and oxygen atoms in total. The minimum Gasteiger partial charge on any atom is -0.497 e. The van der Waals surface area contributed by atoms with Crippen molar-refractivity contribution in [2.45, 2.75) is 50.5 Å². The summed E-state index contributed by atoms with van der Waals surface area (Å²) in [7, 11) is -2.32. The first-order chi connectivity index (χ1) is 14.6. The van der Waals surface area contributed by atoms with Crippen LogP contribution in [0.15, 0.2) is 29.2 Å². The van der Waals surface area contributed by atoms with Crippen LogP contribution in [0, 0.1) is 5.41 Å². The summed E-state index contributed by atoms with van der Waals surface area (Å²) in [6.07, 6.45) is 2.14. The van der Waals surface area contributed by atoms with Crippen LogP contribution >= 0.6 is 11.3 Å². The molecule has 0 saturated carbocycles. The van der Waals surface area contributed by atoms with Gasteiger partial charge in [-0.3, -0.25) is 9.59 Å². The lowest BCUT2D eigenvalue weighted by molar-refractivity contribution is -0.119. The second-order valence-corrected chi connectivity index (χ2v) is 11.6. The fourth-order valence-electron chi connectivity index (χ4n) is 4.14. The van der Waals surface area contributed by atoms with Gasteiger partial charge in [0.1, 0.15) is 11.8 Å². The van der Waals surface area contributed by atoms with Gasteiger partial charge >= 0.3 is 0 Å². The molecule has 1 amide bonds. The summed E-state index contributed by atoms with van der Waals surface area (Å²) in [4.78, 5) is 30.5. The Morgan fingerprint density at radius 3 is 2.65 bits per heavy atom. The van der Waals surface area contributed by atoms with Gasteiger partial charge in [0.25, 0.3) is 0 Å². The third-order valence-corrected chi connectivity index (χ3v) is 8.61. The van der Waals surface area contributed by atoms with E-state index in [1.165, 1.54) is 34.9 Å². The van der Waals surface area contributed by atoms with Crippen molar-refractivity contribution in [3.63, 3.8) is 0 Å². The van der Waals surface area contributed by atoms with E-state index in [1.54, 1.807) is 12.1 Å². The first kappa shape index (κ1) is 21.9. The Kier molecular flexibility index (Phi) is 5.65. The van der Waals surface area contributed by atoms with Crippen LogP contribution < -0.4 is 10.1 Å². The fourth-order valence-corrected chi connectivity index (χ4v) is 6.71. The number of thiazole rings is 1. The van der Waals surface area contributed by atoms with Gasteiger partial charge in [0.05, 0.1) is 22.6 Å². The lowest BCUT2D eigenvalue weighted by Gasteiger charge is -2.26. The number of ether oxygens (including phenoxy) is 1. The molecule has 1 aliphatic carbocycles. The first-order valence-electron chi connectivity index (χ1n) is 10.1. The van der Waals surface area contributed by atoms with Gasteiger partial charge in [-0.25, -0.2) is 13.4 Å². The highest BCUT2D eigenvalue weighted by atomic mass is 32.2. The molecule has 1 aromatic heterocycles. The van der Waals surface area contributed by atoms with Crippen LogP contribution in [0.5, 0.6) is 5.75 Å². The van der Waals surface area contributed by atoms with Gasteiger partial charge in [0.15, 0.2) is 10.9 Å². The minimum absolute atomic E-state index is 0.0359. The number of amides is 1. The van der Waals surface area contributed by atoms with Gasteiger partial charge in [-0.1, -0.05) is 25.2 Å². The number of Topliss-reactive ketones (excluding diaryl/α,β-unsaturated/α-hetero) is 1. The van der Waals surface area contributed by atoms with E-state index in [1.807, 2.05) is 13.8 Å². The molecule has 31 heavy (non-hydrogen) atoms. The van der Waals surface area contributed by atoms with Crippen LogP contribution in [0.4, 0.5) is 5.13 Å². The number of sulfonamides is 1. The third-order valence-electron chi connectivity index (χ3n) is 5.64. The average Bonchev–Trinajstić information content (AvgIpc) is 3.34. The molecule has 1 aliphatic heterocycles. The number of benzene rings is 1. The zero-order valence-electron chi connectivity index (χ0n) is 17.7. The van der Waals surface area contributed by atoms with Crippen molar-refractivity contribution in [2.75, 3.05) is 19.0 Å². The smallest absolute Gasteiger partial charge is 0.244 e. The SMILES string of the molecule is COc1ccc(S(=O)(=O)N2CCCC2C(=O)Nc2nc3c(s2)C(=O)CC(C)(C)C3)cc1. The van der Waals surface area contributed by atoms with Crippen molar-refractivity contribution < 1.29 is 22.7 Å². The van der Waals surface area contributed by atoms with Crippen LogP contribution in [0.2, 0.25) is 0 Å². The van der Waals surface area contributed by atoms with Crippen LogP contribution in [0.1, 0.15) is 48.5 Å². The number of methoxy groups -OCH3 is 1. The lowest BCUT2D eigenvalue weighted by atomic mass is 9.78. The van der Waals surface area contributed by atoms with Gasteiger partial charge in [-0.15, -0.1) is 0 Å². The van der Waals surface area contributed by atoms with Crippen molar-refractivity contribution in [1.29, 1.82) is 0 Å². The standard InChI is InChI=1S/C21H25N3O5S2/c1-21(2)11-15-18(17(25)12-21)30-20(22-15)23-19(26)16-5-4-10-24(16)31(27,28)14-8-6-13(29-3)7-9-14/h6-9,16H,4-5,10-12H2,1-3H3,(H,22,23,26). The van der Waals surface area contributed by atoms with E-state index < -0.39 is 22.0 Å². The monoisotopic (exact) mass is 463 g/mol. The molecule has 2 heterocycles. The van der Waals surface area contributed by atoms with Crippen molar-refractivity contribution >= 4 is 38.2 Å². The van der Waals surface area contributed by atoms with Crippen LogP contribution in [0.25, 0.3) is 0 Å². The molecule has 0 spiro atoms. The van der Waals surface area contributed by atoms with E-state index in [-0.39, 0.29) is 22.6 Å².